The van der Waals surface area contributed by atoms with Crippen LogP contribution in [0.15, 0.2) is 65.6 Å². The van der Waals surface area contributed by atoms with E-state index in [4.69, 9.17) is 5.73 Å². The van der Waals surface area contributed by atoms with E-state index in [9.17, 15) is 0 Å². The normalized spacial score (nSPS) is 20.1. The Hall–Kier alpha value is -1.72. The average Bonchev–Trinajstić information content (AvgIpc) is 2.65. The molecule has 1 nitrogen and oxygen atoms in total. The SMILES string of the molecule is C=C=C(C)/C(=C\C1=C(C=C)CC[C@H]1C)C(=C)N. The van der Waals surface area contributed by atoms with Crippen molar-refractivity contribution in [3.05, 3.63) is 65.6 Å². The van der Waals surface area contributed by atoms with Gasteiger partial charge in [0.1, 0.15) is 0 Å². The molecule has 90 valence electrons. The summed E-state index contributed by atoms with van der Waals surface area (Å²) < 4.78 is 0. The van der Waals surface area contributed by atoms with E-state index in [1.54, 1.807) is 0 Å². The van der Waals surface area contributed by atoms with E-state index in [1.807, 2.05) is 13.0 Å². The number of hydrogen-bond donors (Lipinski definition) is 1. The highest BCUT2D eigenvalue weighted by atomic mass is 14.6. The largest absolute Gasteiger partial charge is 0.399 e. The summed E-state index contributed by atoms with van der Waals surface area (Å²) in [4.78, 5) is 0. The molecule has 1 aliphatic rings. The van der Waals surface area contributed by atoms with E-state index in [1.165, 1.54) is 17.6 Å². The molecule has 0 saturated carbocycles. The Morgan fingerprint density at radius 1 is 1.53 bits per heavy atom. The predicted octanol–water partition coefficient (Wildman–Crippen LogP) is 4.03. The second-order valence-corrected chi connectivity index (χ2v) is 4.51. The maximum atomic E-state index is 5.82. The molecule has 0 radical (unpaired) electrons. The van der Waals surface area contributed by atoms with Crippen LogP contribution in [0.4, 0.5) is 0 Å². The molecule has 17 heavy (non-hydrogen) atoms. The third kappa shape index (κ3) is 2.89. The smallest absolute Gasteiger partial charge is 0.0323 e. The molecule has 0 saturated heterocycles. The van der Waals surface area contributed by atoms with Gasteiger partial charge in [-0.15, -0.1) is 5.73 Å². The van der Waals surface area contributed by atoms with Crippen LogP contribution in [-0.4, -0.2) is 0 Å². The lowest BCUT2D eigenvalue weighted by Gasteiger charge is -2.10. The Morgan fingerprint density at radius 2 is 2.18 bits per heavy atom. The molecule has 0 bridgehead atoms. The van der Waals surface area contributed by atoms with Gasteiger partial charge in [0.15, 0.2) is 0 Å². The molecule has 1 heteroatoms. The number of hydrogen-bond acceptors (Lipinski definition) is 1. The lowest BCUT2D eigenvalue weighted by molar-refractivity contribution is 0.680. The zero-order chi connectivity index (χ0) is 13.0. The van der Waals surface area contributed by atoms with Crippen molar-refractivity contribution in [2.24, 2.45) is 11.7 Å². The minimum atomic E-state index is 0.551. The van der Waals surface area contributed by atoms with E-state index < -0.39 is 0 Å². The maximum Gasteiger partial charge on any atom is 0.0323 e. The van der Waals surface area contributed by atoms with E-state index in [0.29, 0.717) is 11.6 Å². The lowest BCUT2D eigenvalue weighted by atomic mass is 9.96. The van der Waals surface area contributed by atoms with Gasteiger partial charge in [-0.05, 0) is 48.5 Å². The first kappa shape index (κ1) is 13.3. The zero-order valence-electron chi connectivity index (χ0n) is 10.8. The van der Waals surface area contributed by atoms with E-state index in [0.717, 1.165) is 17.6 Å². The fourth-order valence-corrected chi connectivity index (χ4v) is 2.14. The fourth-order valence-electron chi connectivity index (χ4n) is 2.14. The van der Waals surface area contributed by atoms with Crippen LogP contribution in [0.2, 0.25) is 0 Å². The van der Waals surface area contributed by atoms with Gasteiger partial charge in [-0.3, -0.25) is 0 Å². The van der Waals surface area contributed by atoms with Gasteiger partial charge in [-0.25, -0.2) is 0 Å². The molecule has 0 unspecified atom stereocenters. The first-order valence-corrected chi connectivity index (χ1v) is 5.90. The molecule has 0 heterocycles. The summed E-state index contributed by atoms with van der Waals surface area (Å²) >= 11 is 0. The van der Waals surface area contributed by atoms with Gasteiger partial charge >= 0.3 is 0 Å². The quantitative estimate of drug-likeness (QED) is 0.569. The van der Waals surface area contributed by atoms with Gasteiger partial charge in [0.05, 0.1) is 0 Å². The molecule has 0 aromatic heterocycles. The molecule has 0 aromatic carbocycles. The molecular formula is C16H21N. The minimum absolute atomic E-state index is 0.551. The van der Waals surface area contributed by atoms with Gasteiger partial charge in [0.25, 0.3) is 0 Å². The Kier molecular flexibility index (Phi) is 4.37. The van der Waals surface area contributed by atoms with Crippen LogP contribution >= 0.6 is 0 Å². The third-order valence-electron chi connectivity index (χ3n) is 3.31. The van der Waals surface area contributed by atoms with Crippen LogP contribution in [0.3, 0.4) is 0 Å². The van der Waals surface area contributed by atoms with Crippen molar-refractivity contribution < 1.29 is 0 Å². The van der Waals surface area contributed by atoms with Gasteiger partial charge < -0.3 is 5.73 Å². The van der Waals surface area contributed by atoms with Crippen LogP contribution in [0.25, 0.3) is 0 Å². The van der Waals surface area contributed by atoms with E-state index in [-0.39, 0.29) is 0 Å². The summed E-state index contributed by atoms with van der Waals surface area (Å²) in [5.74, 6) is 0.551. The van der Waals surface area contributed by atoms with Gasteiger partial charge in [-0.2, -0.15) is 0 Å². The number of nitrogens with two attached hydrogens (primary N) is 1. The lowest BCUT2D eigenvalue weighted by Crippen LogP contribution is -2.02. The number of allylic oxidation sites excluding steroid dienone is 5. The maximum absolute atomic E-state index is 5.82. The van der Waals surface area contributed by atoms with Crippen molar-refractivity contribution in [1.29, 1.82) is 0 Å². The van der Waals surface area contributed by atoms with Crippen molar-refractivity contribution in [3.63, 3.8) is 0 Å². The Labute approximate surface area is 104 Å². The Balaban J connectivity index is 3.27. The first-order valence-electron chi connectivity index (χ1n) is 5.90. The zero-order valence-corrected chi connectivity index (χ0v) is 10.8. The van der Waals surface area contributed by atoms with Crippen LogP contribution in [0.1, 0.15) is 26.7 Å². The molecule has 0 aromatic rings. The van der Waals surface area contributed by atoms with Gasteiger partial charge in [0, 0.05) is 11.3 Å². The summed E-state index contributed by atoms with van der Waals surface area (Å²) in [6.45, 7) is 15.5. The Morgan fingerprint density at radius 3 is 2.65 bits per heavy atom. The van der Waals surface area contributed by atoms with E-state index in [2.05, 4.69) is 38.5 Å². The van der Waals surface area contributed by atoms with Crippen molar-refractivity contribution in [2.75, 3.05) is 0 Å². The van der Waals surface area contributed by atoms with Crippen molar-refractivity contribution in [2.45, 2.75) is 26.7 Å². The summed E-state index contributed by atoms with van der Waals surface area (Å²) in [5, 5.41) is 0. The van der Waals surface area contributed by atoms with Crippen molar-refractivity contribution >= 4 is 0 Å². The van der Waals surface area contributed by atoms with Crippen molar-refractivity contribution in [1.82, 2.24) is 0 Å². The monoisotopic (exact) mass is 227 g/mol. The molecule has 1 atom stereocenters. The summed E-state index contributed by atoms with van der Waals surface area (Å²) in [5.41, 5.74) is 13.8. The molecule has 2 N–H and O–H groups in total. The second kappa shape index (κ2) is 5.56. The third-order valence-corrected chi connectivity index (χ3v) is 3.31. The molecule has 1 rings (SSSR count). The van der Waals surface area contributed by atoms with Crippen molar-refractivity contribution in [3.8, 4) is 0 Å². The Bertz CT molecular complexity index is 454. The molecule has 0 aliphatic heterocycles. The van der Waals surface area contributed by atoms with Crippen LogP contribution < -0.4 is 5.73 Å². The summed E-state index contributed by atoms with van der Waals surface area (Å²) in [6, 6.07) is 0. The van der Waals surface area contributed by atoms with Gasteiger partial charge in [-0.1, -0.05) is 32.7 Å². The molecule has 1 aliphatic carbocycles. The summed E-state index contributed by atoms with van der Waals surface area (Å²) in [7, 11) is 0. The van der Waals surface area contributed by atoms with Crippen LogP contribution in [0, 0.1) is 5.92 Å². The van der Waals surface area contributed by atoms with Gasteiger partial charge in [0.2, 0.25) is 0 Å². The highest BCUT2D eigenvalue weighted by Gasteiger charge is 2.19. The molecule has 0 fully saturated rings. The molecule has 0 amide bonds. The molecular weight excluding hydrogens is 206 g/mol. The standard InChI is InChI=1S/C16H21N/c1-6-11(3)15(13(5)17)10-16-12(4)8-9-14(16)7-2/h7,10,12H,1-2,5,8-9,17H2,3-4H3/b15-10+/t12-/m1/s1. The topological polar surface area (TPSA) is 26.0 Å². The second-order valence-electron chi connectivity index (χ2n) is 4.51. The minimum Gasteiger partial charge on any atom is -0.399 e. The first-order chi connectivity index (χ1) is 8.01. The number of rotatable bonds is 4. The van der Waals surface area contributed by atoms with Crippen LogP contribution in [-0.2, 0) is 0 Å². The van der Waals surface area contributed by atoms with E-state index >= 15 is 0 Å². The highest BCUT2D eigenvalue weighted by Crippen LogP contribution is 2.34. The summed E-state index contributed by atoms with van der Waals surface area (Å²) in [6.07, 6.45) is 6.33. The highest BCUT2D eigenvalue weighted by molar-refractivity contribution is 5.50. The van der Waals surface area contributed by atoms with Crippen LogP contribution in [0.5, 0.6) is 0 Å². The predicted molar refractivity (Wildman–Crippen MR) is 75.4 cm³/mol. The fraction of sp³-hybridized carbons (Fsp3) is 0.312. The average molecular weight is 227 g/mol. The molecule has 0 spiro atoms.